The first-order chi connectivity index (χ1) is 18.2. The number of piperidine rings is 1. The molecule has 1 fully saturated rings. The predicted molar refractivity (Wildman–Crippen MR) is 141 cm³/mol. The molecule has 3 N–H and O–H groups in total. The third-order valence-corrected chi connectivity index (χ3v) is 7.12. The molecule has 2 aliphatic rings. The molecule has 10 nitrogen and oxygen atoms in total. The van der Waals surface area contributed by atoms with Crippen LogP contribution in [0.25, 0.3) is 11.0 Å². The molecule has 3 heterocycles. The molecule has 1 unspecified atom stereocenters. The van der Waals surface area contributed by atoms with Gasteiger partial charge in [-0.1, -0.05) is 42.5 Å². The number of rotatable bonds is 6. The van der Waals surface area contributed by atoms with Crippen LogP contribution < -0.4 is 0 Å². The number of carbonyl (C=O) groups is 3. The van der Waals surface area contributed by atoms with Crippen molar-refractivity contribution >= 4 is 29.0 Å². The van der Waals surface area contributed by atoms with Crippen molar-refractivity contribution < 1.29 is 29.7 Å². The van der Waals surface area contributed by atoms with Gasteiger partial charge in [-0.3, -0.25) is 0 Å². The molecular weight excluding hydrogens is 488 g/mol. The summed E-state index contributed by atoms with van der Waals surface area (Å²) in [4.78, 5) is 40.9. The average molecular weight is 521 g/mol. The van der Waals surface area contributed by atoms with Crippen molar-refractivity contribution in [2.24, 2.45) is 0 Å². The Morgan fingerprint density at radius 1 is 1.00 bits per heavy atom. The van der Waals surface area contributed by atoms with Gasteiger partial charge in [0.15, 0.2) is 0 Å². The van der Waals surface area contributed by atoms with Gasteiger partial charge in [-0.25, -0.2) is 23.9 Å². The molecule has 200 valence electrons. The zero-order valence-electron chi connectivity index (χ0n) is 21.2. The van der Waals surface area contributed by atoms with Crippen LogP contribution >= 0.6 is 0 Å². The van der Waals surface area contributed by atoms with Gasteiger partial charge in [0.1, 0.15) is 5.82 Å². The number of aromatic nitrogens is 2. The Labute approximate surface area is 220 Å². The fourth-order valence-electron chi connectivity index (χ4n) is 5.07. The zero-order chi connectivity index (χ0) is 27.3. The van der Waals surface area contributed by atoms with Crippen LogP contribution in [0.3, 0.4) is 0 Å². The zero-order valence-corrected chi connectivity index (χ0v) is 21.2. The van der Waals surface area contributed by atoms with Crippen molar-refractivity contribution in [2.75, 3.05) is 33.2 Å². The molecule has 1 atom stereocenters. The summed E-state index contributed by atoms with van der Waals surface area (Å²) in [5.41, 5.74) is 2.07. The van der Waals surface area contributed by atoms with E-state index in [1.54, 1.807) is 9.47 Å². The van der Waals surface area contributed by atoms with Gasteiger partial charge >= 0.3 is 18.0 Å². The van der Waals surface area contributed by atoms with Crippen LogP contribution in [-0.2, 0) is 15.2 Å². The highest BCUT2D eigenvalue weighted by molar-refractivity contribution is 5.91. The monoisotopic (exact) mass is 520 g/mol. The highest BCUT2D eigenvalue weighted by Crippen LogP contribution is 2.34. The number of carbonyl (C=O) groups excluding carboxylic acids is 1. The van der Waals surface area contributed by atoms with Crippen molar-refractivity contribution in [1.29, 1.82) is 0 Å². The Hall–Kier alpha value is -4.02. The second-order valence-corrected chi connectivity index (χ2v) is 9.69. The van der Waals surface area contributed by atoms with E-state index in [1.165, 1.54) is 0 Å². The molecule has 0 bridgehead atoms. The number of nitrogens with zero attached hydrogens (tertiary/aromatic N) is 4. The number of fused-ring (bicyclic) bond motifs is 3. The third kappa shape index (κ3) is 6.09. The summed E-state index contributed by atoms with van der Waals surface area (Å²) in [6, 6.07) is 17.9. The number of hydrogen-bond acceptors (Lipinski definition) is 6. The number of likely N-dealkylation sites (N-methyl/N-ethyl adjacent to an activating group) is 1. The molecule has 1 aromatic heterocycles. The first kappa shape index (κ1) is 27.0. The van der Waals surface area contributed by atoms with Crippen molar-refractivity contribution in [2.45, 2.75) is 30.8 Å². The largest absolute Gasteiger partial charge is 0.478 e. The van der Waals surface area contributed by atoms with Gasteiger partial charge < -0.3 is 25.1 Å². The minimum absolute atomic E-state index is 0.000785. The summed E-state index contributed by atoms with van der Waals surface area (Å²) in [5.74, 6) is -1.41. The van der Waals surface area contributed by atoms with E-state index >= 15 is 0 Å². The summed E-state index contributed by atoms with van der Waals surface area (Å²) in [6.07, 6.45) is 3.56. The maximum atomic E-state index is 12.8. The lowest BCUT2D eigenvalue weighted by atomic mass is 9.84. The number of aliphatic carboxylic acids is 2. The second-order valence-electron chi connectivity index (χ2n) is 9.69. The summed E-state index contributed by atoms with van der Waals surface area (Å²) >= 11 is 0. The van der Waals surface area contributed by atoms with E-state index in [9.17, 15) is 19.5 Å². The molecule has 10 heteroatoms. The lowest BCUT2D eigenvalue weighted by molar-refractivity contribution is -0.134. The fourth-order valence-corrected chi connectivity index (χ4v) is 5.07. The van der Waals surface area contributed by atoms with Crippen LogP contribution in [0, 0.1) is 0 Å². The molecule has 3 aromatic rings. The van der Waals surface area contributed by atoms with Gasteiger partial charge in [-0.15, -0.1) is 0 Å². The van der Waals surface area contributed by atoms with E-state index in [0.29, 0.717) is 18.7 Å². The number of benzene rings is 2. The van der Waals surface area contributed by atoms with Crippen LogP contribution in [0.5, 0.6) is 0 Å². The van der Waals surface area contributed by atoms with Crippen LogP contribution in [0.1, 0.15) is 36.6 Å². The predicted octanol–water partition coefficient (Wildman–Crippen LogP) is 3.12. The van der Waals surface area contributed by atoms with Gasteiger partial charge in [0, 0.05) is 44.8 Å². The molecule has 0 aliphatic carbocycles. The minimum Gasteiger partial charge on any atom is -0.478 e. The van der Waals surface area contributed by atoms with Gasteiger partial charge in [0.05, 0.1) is 16.6 Å². The maximum Gasteiger partial charge on any atom is 0.329 e. The Morgan fingerprint density at radius 2 is 1.61 bits per heavy atom. The molecule has 0 saturated carbocycles. The molecule has 1 saturated heterocycles. The lowest BCUT2D eigenvalue weighted by Gasteiger charge is -2.39. The van der Waals surface area contributed by atoms with Crippen molar-refractivity contribution in [3.63, 3.8) is 0 Å². The van der Waals surface area contributed by atoms with Gasteiger partial charge in [-0.05, 0) is 43.5 Å². The molecular formula is C28H32N4O6. The highest BCUT2D eigenvalue weighted by Gasteiger charge is 2.35. The molecule has 2 aromatic carbocycles. The van der Waals surface area contributed by atoms with Crippen LogP contribution in [0.2, 0.25) is 0 Å². The molecule has 5 rings (SSSR count). The Bertz CT molecular complexity index is 1310. The number of imidazole rings is 1. The number of amides is 1. The standard InChI is InChI=1S/C24H28N4O2.C4H4O4/c1-26-17-18(22-25-20-9-5-6-10-21(20)28(22)23(26)29)11-14-27-15-12-24(30,13-16-27)19-7-3-2-4-8-19;5-3(6)1-2-4(7)8/h2-10,18,30H,11-17H2,1H3;1-2H,(H,5,6)(H,7,8). The smallest absolute Gasteiger partial charge is 0.329 e. The quantitative estimate of drug-likeness (QED) is 0.422. The maximum absolute atomic E-state index is 12.8. The summed E-state index contributed by atoms with van der Waals surface area (Å²) in [7, 11) is 1.87. The molecule has 1 amide bonds. The van der Waals surface area contributed by atoms with Crippen LogP contribution in [0.15, 0.2) is 66.7 Å². The Balaban J connectivity index is 0.000000368. The lowest BCUT2D eigenvalue weighted by Crippen LogP contribution is -2.45. The average Bonchev–Trinajstić information content (AvgIpc) is 3.31. The normalized spacial score (nSPS) is 19.2. The van der Waals surface area contributed by atoms with E-state index in [-0.39, 0.29) is 11.9 Å². The second kappa shape index (κ2) is 11.6. The van der Waals surface area contributed by atoms with Gasteiger partial charge in [0.25, 0.3) is 0 Å². The Morgan fingerprint density at radius 3 is 2.24 bits per heavy atom. The summed E-state index contributed by atoms with van der Waals surface area (Å²) < 4.78 is 1.79. The van der Waals surface area contributed by atoms with Crippen molar-refractivity contribution in [3.05, 3.63) is 78.1 Å². The SMILES string of the molecule is CN1CC(CCN2CCC(O)(c3ccccc3)CC2)c2nc3ccccc3n2C1=O.O=C(O)C=CC(=O)O. The van der Waals surface area contributed by atoms with E-state index in [4.69, 9.17) is 15.2 Å². The van der Waals surface area contributed by atoms with Gasteiger partial charge in [-0.2, -0.15) is 0 Å². The van der Waals surface area contributed by atoms with E-state index in [0.717, 1.165) is 61.3 Å². The van der Waals surface area contributed by atoms with Crippen molar-refractivity contribution in [1.82, 2.24) is 19.4 Å². The minimum atomic E-state index is -1.26. The molecule has 0 radical (unpaired) electrons. The van der Waals surface area contributed by atoms with Crippen LogP contribution in [0.4, 0.5) is 4.79 Å². The molecule has 0 spiro atoms. The molecule has 38 heavy (non-hydrogen) atoms. The van der Waals surface area contributed by atoms with E-state index < -0.39 is 17.5 Å². The number of para-hydroxylation sites is 2. The number of hydrogen-bond donors (Lipinski definition) is 3. The topological polar surface area (TPSA) is 136 Å². The third-order valence-electron chi connectivity index (χ3n) is 7.12. The first-order valence-corrected chi connectivity index (χ1v) is 12.5. The fraction of sp³-hybridized carbons (Fsp3) is 0.357. The van der Waals surface area contributed by atoms with Crippen LogP contribution in [-0.4, -0.2) is 85.9 Å². The van der Waals surface area contributed by atoms with Crippen molar-refractivity contribution in [3.8, 4) is 0 Å². The number of likely N-dealkylation sites (tertiary alicyclic amines) is 1. The number of carboxylic acid groups (broad SMARTS) is 2. The van der Waals surface area contributed by atoms with E-state index in [2.05, 4.69) is 4.90 Å². The van der Waals surface area contributed by atoms with E-state index in [1.807, 2.05) is 61.6 Å². The Kier molecular flexibility index (Phi) is 8.23. The first-order valence-electron chi connectivity index (χ1n) is 12.5. The number of aliphatic hydroxyl groups is 1. The molecule has 2 aliphatic heterocycles. The highest BCUT2D eigenvalue weighted by atomic mass is 16.4. The van der Waals surface area contributed by atoms with Gasteiger partial charge in [0.2, 0.25) is 0 Å². The summed E-state index contributed by atoms with van der Waals surface area (Å²) in [5, 5.41) is 26.7. The number of carboxylic acids is 2. The summed E-state index contributed by atoms with van der Waals surface area (Å²) in [6.45, 7) is 3.40.